The monoisotopic (exact) mass is 472 g/mol. The van der Waals surface area contributed by atoms with E-state index in [1.165, 1.54) is 26.0 Å². The maximum absolute atomic E-state index is 13.3. The van der Waals surface area contributed by atoms with Crippen molar-refractivity contribution < 1.29 is 29.0 Å². The number of aliphatic hydroxyl groups is 1. The van der Waals surface area contributed by atoms with Crippen LogP contribution in [0, 0.1) is 0 Å². The van der Waals surface area contributed by atoms with Gasteiger partial charge in [0.15, 0.2) is 11.5 Å². The van der Waals surface area contributed by atoms with Gasteiger partial charge >= 0.3 is 0 Å². The summed E-state index contributed by atoms with van der Waals surface area (Å²) in [6, 6.07) is 19.5. The summed E-state index contributed by atoms with van der Waals surface area (Å²) in [5.41, 5.74) is 1.92. The van der Waals surface area contributed by atoms with Crippen molar-refractivity contribution in [1.29, 1.82) is 0 Å². The van der Waals surface area contributed by atoms with Crippen LogP contribution in [0.3, 0.4) is 0 Å². The molecule has 0 bridgehead atoms. The minimum atomic E-state index is -0.865. The Morgan fingerprint density at radius 1 is 0.914 bits per heavy atom. The van der Waals surface area contributed by atoms with Gasteiger partial charge in [-0.05, 0) is 48.0 Å². The highest BCUT2D eigenvalue weighted by atomic mass is 16.5. The topological polar surface area (TPSA) is 105 Å². The number of aliphatic hydroxyl groups excluding tert-OH is 1. The quantitative estimate of drug-likeness (QED) is 0.315. The molecule has 4 rings (SSSR count). The first-order valence-electron chi connectivity index (χ1n) is 10.8. The summed E-state index contributed by atoms with van der Waals surface area (Å²) in [5.74, 6) is -1.29. The second kappa shape index (κ2) is 9.72. The largest absolute Gasteiger partial charge is 0.507 e. The number of rotatable bonds is 6. The molecule has 1 heterocycles. The molecule has 2 N–H and O–H groups in total. The van der Waals surface area contributed by atoms with Gasteiger partial charge in [-0.25, -0.2) is 0 Å². The van der Waals surface area contributed by atoms with Gasteiger partial charge in [0.25, 0.3) is 11.7 Å². The first kappa shape index (κ1) is 23.6. The molecule has 3 aromatic carbocycles. The van der Waals surface area contributed by atoms with Crippen molar-refractivity contribution >= 4 is 34.7 Å². The van der Waals surface area contributed by atoms with Gasteiger partial charge < -0.3 is 19.9 Å². The molecule has 0 aliphatic carbocycles. The fourth-order valence-electron chi connectivity index (χ4n) is 4.10. The molecule has 1 saturated heterocycles. The van der Waals surface area contributed by atoms with Crippen molar-refractivity contribution in [3.05, 3.63) is 89.5 Å². The van der Waals surface area contributed by atoms with Gasteiger partial charge in [-0.15, -0.1) is 0 Å². The Hall–Kier alpha value is -4.59. The van der Waals surface area contributed by atoms with Crippen molar-refractivity contribution in [3.63, 3.8) is 0 Å². The maximum atomic E-state index is 13.3. The molecule has 0 saturated carbocycles. The fourth-order valence-corrected chi connectivity index (χ4v) is 4.10. The molecule has 3 aromatic rings. The van der Waals surface area contributed by atoms with Gasteiger partial charge in [0.1, 0.15) is 5.76 Å². The molecule has 0 radical (unpaired) electrons. The Morgan fingerprint density at radius 2 is 1.57 bits per heavy atom. The lowest BCUT2D eigenvalue weighted by atomic mass is 9.95. The number of ketones is 1. The summed E-state index contributed by atoms with van der Waals surface area (Å²) in [4.78, 5) is 39.2. The summed E-state index contributed by atoms with van der Waals surface area (Å²) in [7, 11) is 2.96. The Morgan fingerprint density at radius 3 is 2.17 bits per heavy atom. The predicted molar refractivity (Wildman–Crippen MR) is 132 cm³/mol. The van der Waals surface area contributed by atoms with Crippen molar-refractivity contribution in [3.8, 4) is 11.5 Å². The average Bonchev–Trinajstić information content (AvgIpc) is 3.14. The molecule has 8 nitrogen and oxygen atoms in total. The highest BCUT2D eigenvalue weighted by Gasteiger charge is 2.47. The summed E-state index contributed by atoms with van der Waals surface area (Å²) >= 11 is 0. The molecular weight excluding hydrogens is 448 g/mol. The number of hydrogen-bond acceptors (Lipinski definition) is 6. The molecule has 1 aliphatic heterocycles. The van der Waals surface area contributed by atoms with Crippen LogP contribution in [0.2, 0.25) is 0 Å². The van der Waals surface area contributed by atoms with E-state index >= 15 is 0 Å². The smallest absolute Gasteiger partial charge is 0.300 e. The number of anilines is 2. The molecule has 1 aliphatic rings. The molecule has 1 atom stereocenters. The van der Waals surface area contributed by atoms with Crippen molar-refractivity contribution in [2.24, 2.45) is 0 Å². The number of methoxy groups -OCH3 is 2. The lowest BCUT2D eigenvalue weighted by Gasteiger charge is -2.25. The second-order valence-electron chi connectivity index (χ2n) is 7.88. The summed E-state index contributed by atoms with van der Waals surface area (Å²) in [5, 5.41) is 13.9. The van der Waals surface area contributed by atoms with Crippen molar-refractivity contribution in [2.45, 2.75) is 13.0 Å². The van der Waals surface area contributed by atoms with E-state index in [1.54, 1.807) is 66.7 Å². The number of carbonyl (C=O) groups excluding carboxylic acids is 3. The standard InChI is InChI=1S/C27H24N2O6/c1-16(30)28-19-10-12-20(13-11-19)29-24(17-7-5-4-6-8-17)23(26(32)27(29)33)25(31)18-9-14-21(34-2)22(15-18)35-3/h4-15,24,31H,1-3H3,(H,28,30)/b25-23-. The predicted octanol–water partition coefficient (Wildman–Crippen LogP) is 4.29. The SMILES string of the molecule is COc1ccc(/C(O)=C2/C(=O)C(=O)N(c3ccc(NC(C)=O)cc3)C2c2ccccc2)cc1OC. The number of ether oxygens (including phenoxy) is 2. The van der Waals surface area contributed by atoms with Crippen LogP contribution >= 0.6 is 0 Å². The number of nitrogens with zero attached hydrogens (tertiary/aromatic N) is 1. The summed E-state index contributed by atoms with van der Waals surface area (Å²) in [6.45, 7) is 1.40. The zero-order valence-corrected chi connectivity index (χ0v) is 19.4. The van der Waals surface area contributed by atoms with E-state index < -0.39 is 17.7 Å². The Labute approximate surface area is 202 Å². The summed E-state index contributed by atoms with van der Waals surface area (Å²) in [6.07, 6.45) is 0. The number of nitrogens with one attached hydrogen (secondary N) is 1. The van der Waals surface area contributed by atoms with Crippen LogP contribution in [0.1, 0.15) is 24.1 Å². The minimum absolute atomic E-state index is 0.0423. The van der Waals surface area contributed by atoms with E-state index in [0.717, 1.165) is 0 Å². The first-order valence-corrected chi connectivity index (χ1v) is 10.8. The average molecular weight is 472 g/mol. The van der Waals surface area contributed by atoms with E-state index in [4.69, 9.17) is 9.47 Å². The van der Waals surface area contributed by atoms with E-state index in [0.29, 0.717) is 34.0 Å². The third-order valence-corrected chi connectivity index (χ3v) is 5.68. The zero-order valence-electron chi connectivity index (χ0n) is 19.4. The number of Topliss-reactive ketones (excluding diaryl/α,β-unsaturated/α-hetero) is 1. The third kappa shape index (κ3) is 4.46. The molecule has 8 heteroatoms. The zero-order chi connectivity index (χ0) is 25.1. The normalized spacial score (nSPS) is 16.8. The molecule has 2 amide bonds. The van der Waals surface area contributed by atoms with E-state index in [1.807, 2.05) is 6.07 Å². The first-order chi connectivity index (χ1) is 16.8. The number of carbonyl (C=O) groups is 3. The van der Waals surface area contributed by atoms with Crippen LogP contribution in [0.15, 0.2) is 78.4 Å². The highest BCUT2D eigenvalue weighted by Crippen LogP contribution is 2.43. The van der Waals surface area contributed by atoms with Crippen LogP contribution < -0.4 is 19.7 Å². The minimum Gasteiger partial charge on any atom is -0.507 e. The highest BCUT2D eigenvalue weighted by molar-refractivity contribution is 6.51. The molecule has 1 fully saturated rings. The number of hydrogen-bond donors (Lipinski definition) is 2. The third-order valence-electron chi connectivity index (χ3n) is 5.68. The molecule has 35 heavy (non-hydrogen) atoms. The Balaban J connectivity index is 1.87. The molecule has 0 aromatic heterocycles. The molecule has 178 valence electrons. The van der Waals surface area contributed by atoms with E-state index in [9.17, 15) is 19.5 Å². The van der Waals surface area contributed by atoms with Gasteiger partial charge in [-0.2, -0.15) is 0 Å². The summed E-state index contributed by atoms with van der Waals surface area (Å²) < 4.78 is 10.6. The van der Waals surface area contributed by atoms with Gasteiger partial charge in [-0.3, -0.25) is 19.3 Å². The van der Waals surface area contributed by atoms with Crippen molar-refractivity contribution in [2.75, 3.05) is 24.4 Å². The molecule has 0 spiro atoms. The van der Waals surface area contributed by atoms with Gasteiger partial charge in [0.05, 0.1) is 25.8 Å². The van der Waals surface area contributed by atoms with Gasteiger partial charge in [-0.1, -0.05) is 30.3 Å². The van der Waals surface area contributed by atoms with Gasteiger partial charge in [0.2, 0.25) is 5.91 Å². The molecule has 1 unspecified atom stereocenters. The lowest BCUT2D eigenvalue weighted by Crippen LogP contribution is -2.29. The maximum Gasteiger partial charge on any atom is 0.300 e. The van der Waals surface area contributed by atoms with Crippen LogP contribution in [0.5, 0.6) is 11.5 Å². The Kier molecular flexibility index (Phi) is 6.55. The van der Waals surface area contributed by atoms with Crippen LogP contribution in [0.25, 0.3) is 5.76 Å². The van der Waals surface area contributed by atoms with Crippen LogP contribution in [-0.4, -0.2) is 36.9 Å². The van der Waals surface area contributed by atoms with Gasteiger partial charge in [0, 0.05) is 23.9 Å². The van der Waals surface area contributed by atoms with E-state index in [-0.39, 0.29) is 17.2 Å². The van der Waals surface area contributed by atoms with E-state index in [2.05, 4.69) is 5.32 Å². The van der Waals surface area contributed by atoms with Crippen LogP contribution in [0.4, 0.5) is 11.4 Å². The number of amides is 2. The Bertz CT molecular complexity index is 1320. The second-order valence-corrected chi connectivity index (χ2v) is 7.88. The number of benzene rings is 3. The van der Waals surface area contributed by atoms with Crippen molar-refractivity contribution in [1.82, 2.24) is 0 Å². The molecular formula is C27H24N2O6. The van der Waals surface area contributed by atoms with Crippen LogP contribution in [-0.2, 0) is 14.4 Å². The lowest BCUT2D eigenvalue weighted by molar-refractivity contribution is -0.132. The fraction of sp³-hybridized carbons (Fsp3) is 0.148.